The van der Waals surface area contributed by atoms with Crippen molar-refractivity contribution in [3.05, 3.63) is 16.1 Å². The number of carbonyl (C=O) groups is 2. The number of amides is 2. The number of nitrogens with one attached hydrogen (secondary N) is 2. The van der Waals surface area contributed by atoms with Gasteiger partial charge in [0, 0.05) is 30.4 Å². The van der Waals surface area contributed by atoms with Crippen LogP contribution in [0.2, 0.25) is 0 Å². The van der Waals surface area contributed by atoms with Gasteiger partial charge in [-0.2, -0.15) is 0 Å². The number of carbonyl (C=O) groups excluding carboxylic acids is 1. The molecular formula is C13H22N4O3S. The summed E-state index contributed by atoms with van der Waals surface area (Å²) in [5.74, 6) is -1.03. The van der Waals surface area contributed by atoms with Crippen LogP contribution in [0.15, 0.2) is 5.38 Å². The molecule has 1 rings (SSSR count). The summed E-state index contributed by atoms with van der Waals surface area (Å²) >= 11 is 1.28. The maximum Gasteiger partial charge on any atom is 0.355 e. The van der Waals surface area contributed by atoms with Crippen LogP contribution in [0.25, 0.3) is 0 Å². The largest absolute Gasteiger partial charge is 0.476 e. The van der Waals surface area contributed by atoms with Crippen LogP contribution >= 0.6 is 11.3 Å². The summed E-state index contributed by atoms with van der Waals surface area (Å²) in [6, 6.07) is -0.236. The average Bonchev–Trinajstić information content (AvgIpc) is 2.85. The minimum atomic E-state index is -1.03. The molecule has 1 heterocycles. The second-order valence-electron chi connectivity index (χ2n) is 5.50. The number of nitrogens with zero attached hydrogens (tertiary/aromatic N) is 2. The summed E-state index contributed by atoms with van der Waals surface area (Å²) in [5, 5.41) is 16.5. The first-order valence-electron chi connectivity index (χ1n) is 6.59. The molecule has 8 heteroatoms. The van der Waals surface area contributed by atoms with Gasteiger partial charge in [0.05, 0.1) is 5.01 Å². The minimum absolute atomic E-state index is 0.0483. The molecular weight excluding hydrogens is 292 g/mol. The molecule has 1 aromatic rings. The van der Waals surface area contributed by atoms with E-state index in [9.17, 15) is 9.59 Å². The number of carboxylic acid groups (broad SMARTS) is 1. The lowest BCUT2D eigenvalue weighted by Crippen LogP contribution is -2.50. The van der Waals surface area contributed by atoms with Gasteiger partial charge in [-0.25, -0.2) is 14.6 Å². The Labute approximate surface area is 128 Å². The van der Waals surface area contributed by atoms with Crippen LogP contribution in [-0.4, -0.2) is 59.7 Å². The lowest BCUT2D eigenvalue weighted by Gasteiger charge is -2.32. The Hall–Kier alpha value is -1.67. The third-order valence-corrected chi connectivity index (χ3v) is 4.20. The standard InChI is InChI=1S/C13H22N4O3S/c1-13(2,17(3)4)8-15-12(20)14-6-5-10-16-9(7-21-10)11(18)19/h7H,5-6,8H2,1-4H3,(H,18,19)(H2,14,15,20). The molecule has 0 saturated carbocycles. The number of urea groups is 1. The molecule has 7 nitrogen and oxygen atoms in total. The lowest BCUT2D eigenvalue weighted by atomic mass is 10.1. The van der Waals surface area contributed by atoms with E-state index in [4.69, 9.17) is 5.11 Å². The van der Waals surface area contributed by atoms with Crippen molar-refractivity contribution in [2.24, 2.45) is 0 Å². The number of aromatic carboxylic acids is 1. The van der Waals surface area contributed by atoms with Gasteiger partial charge in [0.1, 0.15) is 0 Å². The molecule has 0 atom stereocenters. The Kier molecular flexibility index (Phi) is 6.10. The van der Waals surface area contributed by atoms with Gasteiger partial charge < -0.3 is 20.6 Å². The first-order valence-corrected chi connectivity index (χ1v) is 7.47. The van der Waals surface area contributed by atoms with Crippen molar-refractivity contribution in [2.75, 3.05) is 27.2 Å². The van der Waals surface area contributed by atoms with Crippen molar-refractivity contribution in [1.82, 2.24) is 20.5 Å². The van der Waals surface area contributed by atoms with Gasteiger partial charge in [0.15, 0.2) is 5.69 Å². The van der Waals surface area contributed by atoms with E-state index in [1.165, 1.54) is 16.7 Å². The van der Waals surface area contributed by atoms with E-state index in [1.54, 1.807) is 0 Å². The summed E-state index contributed by atoms with van der Waals surface area (Å²) in [5.41, 5.74) is -0.0737. The lowest BCUT2D eigenvalue weighted by molar-refractivity contribution is 0.0691. The molecule has 118 valence electrons. The van der Waals surface area contributed by atoms with Crippen LogP contribution in [0.4, 0.5) is 4.79 Å². The second kappa shape index (κ2) is 7.37. The topological polar surface area (TPSA) is 94.6 Å². The number of rotatable bonds is 7. The van der Waals surface area contributed by atoms with Crippen LogP contribution in [0, 0.1) is 0 Å². The Morgan fingerprint density at radius 2 is 2.05 bits per heavy atom. The van der Waals surface area contributed by atoms with Gasteiger partial charge in [-0.05, 0) is 27.9 Å². The predicted molar refractivity (Wildman–Crippen MR) is 81.9 cm³/mol. The fourth-order valence-electron chi connectivity index (χ4n) is 1.32. The Bertz CT molecular complexity index is 499. The molecule has 21 heavy (non-hydrogen) atoms. The molecule has 0 saturated heterocycles. The van der Waals surface area contributed by atoms with E-state index in [0.29, 0.717) is 24.5 Å². The summed E-state index contributed by atoms with van der Waals surface area (Å²) in [6.07, 6.45) is 0.516. The van der Waals surface area contributed by atoms with E-state index in [2.05, 4.69) is 15.6 Å². The molecule has 0 aliphatic heterocycles. The number of hydrogen-bond donors (Lipinski definition) is 3. The van der Waals surface area contributed by atoms with Crippen LogP contribution in [0.5, 0.6) is 0 Å². The second-order valence-corrected chi connectivity index (χ2v) is 6.44. The van der Waals surface area contributed by atoms with Gasteiger partial charge in [-0.15, -0.1) is 11.3 Å². The van der Waals surface area contributed by atoms with Gasteiger partial charge >= 0.3 is 12.0 Å². The summed E-state index contributed by atoms with van der Waals surface area (Å²) in [6.45, 7) is 5.03. The smallest absolute Gasteiger partial charge is 0.355 e. The summed E-state index contributed by atoms with van der Waals surface area (Å²) < 4.78 is 0. The molecule has 0 aliphatic carbocycles. The average molecular weight is 314 g/mol. The zero-order valence-electron chi connectivity index (χ0n) is 12.8. The van der Waals surface area contributed by atoms with Gasteiger partial charge in [-0.3, -0.25) is 0 Å². The highest BCUT2D eigenvalue weighted by molar-refractivity contribution is 7.09. The molecule has 2 amide bonds. The molecule has 0 aliphatic rings. The first kappa shape index (κ1) is 17.4. The number of likely N-dealkylation sites (N-methyl/N-ethyl adjacent to an activating group) is 1. The molecule has 0 radical (unpaired) electrons. The Morgan fingerprint density at radius 1 is 1.38 bits per heavy atom. The molecule has 0 spiro atoms. The van der Waals surface area contributed by atoms with Crippen LogP contribution < -0.4 is 10.6 Å². The zero-order valence-corrected chi connectivity index (χ0v) is 13.6. The van der Waals surface area contributed by atoms with E-state index in [1.807, 2.05) is 32.8 Å². The minimum Gasteiger partial charge on any atom is -0.476 e. The third kappa shape index (κ3) is 5.68. The van der Waals surface area contributed by atoms with Crippen molar-refractivity contribution in [1.29, 1.82) is 0 Å². The fraction of sp³-hybridized carbons (Fsp3) is 0.615. The SMILES string of the molecule is CN(C)C(C)(C)CNC(=O)NCCc1nc(C(=O)O)cs1. The predicted octanol–water partition coefficient (Wildman–Crippen LogP) is 1.02. The maximum absolute atomic E-state index is 11.7. The van der Waals surface area contributed by atoms with Crippen molar-refractivity contribution in [3.8, 4) is 0 Å². The molecule has 1 aromatic heterocycles. The maximum atomic E-state index is 11.7. The molecule has 0 aromatic carbocycles. The van der Waals surface area contributed by atoms with E-state index in [0.717, 1.165) is 0 Å². The number of thiazole rings is 1. The van der Waals surface area contributed by atoms with Crippen molar-refractivity contribution < 1.29 is 14.7 Å². The van der Waals surface area contributed by atoms with E-state index < -0.39 is 5.97 Å². The molecule has 0 bridgehead atoms. The zero-order chi connectivity index (χ0) is 16.0. The normalized spacial score (nSPS) is 11.5. The van der Waals surface area contributed by atoms with Crippen LogP contribution in [0.3, 0.4) is 0 Å². The van der Waals surface area contributed by atoms with Gasteiger partial charge in [0.25, 0.3) is 0 Å². The third-order valence-electron chi connectivity index (χ3n) is 3.29. The highest BCUT2D eigenvalue weighted by Gasteiger charge is 2.20. The number of aromatic nitrogens is 1. The van der Waals surface area contributed by atoms with Crippen molar-refractivity contribution in [2.45, 2.75) is 25.8 Å². The number of hydrogen-bond acceptors (Lipinski definition) is 5. The fourth-order valence-corrected chi connectivity index (χ4v) is 2.10. The van der Waals surface area contributed by atoms with Crippen molar-refractivity contribution >= 4 is 23.3 Å². The van der Waals surface area contributed by atoms with Crippen LogP contribution in [-0.2, 0) is 6.42 Å². The monoisotopic (exact) mass is 314 g/mol. The summed E-state index contributed by atoms with van der Waals surface area (Å²) in [4.78, 5) is 28.3. The van der Waals surface area contributed by atoms with Crippen molar-refractivity contribution in [3.63, 3.8) is 0 Å². The quantitative estimate of drug-likeness (QED) is 0.698. The highest BCUT2D eigenvalue weighted by Crippen LogP contribution is 2.10. The molecule has 0 unspecified atom stereocenters. The van der Waals surface area contributed by atoms with Gasteiger partial charge in [0.2, 0.25) is 0 Å². The summed E-state index contributed by atoms with van der Waals surface area (Å²) in [7, 11) is 3.92. The molecule has 3 N–H and O–H groups in total. The number of carboxylic acids is 1. The first-order chi connectivity index (χ1) is 9.72. The molecule has 0 fully saturated rings. The van der Waals surface area contributed by atoms with E-state index >= 15 is 0 Å². The van der Waals surface area contributed by atoms with Crippen LogP contribution in [0.1, 0.15) is 29.3 Å². The van der Waals surface area contributed by atoms with E-state index in [-0.39, 0.29) is 17.3 Å². The van der Waals surface area contributed by atoms with Gasteiger partial charge in [-0.1, -0.05) is 0 Å². The highest BCUT2D eigenvalue weighted by atomic mass is 32.1. The Balaban J connectivity index is 2.29. The Morgan fingerprint density at radius 3 is 2.57 bits per heavy atom.